The summed E-state index contributed by atoms with van der Waals surface area (Å²) in [7, 11) is 1.63. The highest BCUT2D eigenvalue weighted by Crippen LogP contribution is 2.21. The van der Waals surface area contributed by atoms with E-state index in [9.17, 15) is 0 Å². The molecule has 2 rings (SSSR count). The van der Waals surface area contributed by atoms with Crippen molar-refractivity contribution in [2.24, 2.45) is 0 Å². The average molecular weight is 186 g/mol. The van der Waals surface area contributed by atoms with Gasteiger partial charge < -0.3 is 4.74 Å². The summed E-state index contributed by atoms with van der Waals surface area (Å²) in [6, 6.07) is 5.83. The monoisotopic (exact) mass is 186 g/mol. The summed E-state index contributed by atoms with van der Waals surface area (Å²) in [6.07, 6.45) is 7.01. The number of hydrogen-bond donors (Lipinski definition) is 0. The fraction of sp³-hybridized carbons (Fsp3) is 0.0909. The third kappa shape index (κ3) is 1.71. The van der Waals surface area contributed by atoms with Crippen molar-refractivity contribution in [2.75, 3.05) is 7.11 Å². The lowest BCUT2D eigenvalue weighted by atomic mass is 10.1. The van der Waals surface area contributed by atoms with Gasteiger partial charge in [-0.3, -0.25) is 9.97 Å². The molecular formula is C11H10N2O. The van der Waals surface area contributed by atoms with Crippen molar-refractivity contribution in [3.05, 3.63) is 43.0 Å². The highest BCUT2D eigenvalue weighted by atomic mass is 16.5. The van der Waals surface area contributed by atoms with Crippen LogP contribution in [0.1, 0.15) is 0 Å². The van der Waals surface area contributed by atoms with Gasteiger partial charge in [0.15, 0.2) is 0 Å². The van der Waals surface area contributed by atoms with Crippen LogP contribution in [0.3, 0.4) is 0 Å². The molecule has 0 aliphatic rings. The van der Waals surface area contributed by atoms with Crippen LogP contribution in [0.25, 0.3) is 11.1 Å². The zero-order chi connectivity index (χ0) is 9.80. The maximum Gasteiger partial charge on any atom is 0.137 e. The van der Waals surface area contributed by atoms with Gasteiger partial charge in [-0.2, -0.15) is 0 Å². The van der Waals surface area contributed by atoms with E-state index in [0.29, 0.717) is 0 Å². The van der Waals surface area contributed by atoms with Crippen molar-refractivity contribution >= 4 is 0 Å². The highest BCUT2D eigenvalue weighted by molar-refractivity contribution is 5.62. The van der Waals surface area contributed by atoms with Gasteiger partial charge in [-0.05, 0) is 23.8 Å². The molecule has 0 unspecified atom stereocenters. The zero-order valence-corrected chi connectivity index (χ0v) is 7.84. The predicted molar refractivity (Wildman–Crippen MR) is 54.0 cm³/mol. The maximum absolute atomic E-state index is 5.10. The lowest BCUT2D eigenvalue weighted by molar-refractivity contribution is 0.413. The third-order valence-corrected chi connectivity index (χ3v) is 1.96. The molecule has 0 radical (unpaired) electrons. The van der Waals surface area contributed by atoms with E-state index in [0.717, 1.165) is 16.9 Å². The molecule has 0 aliphatic heterocycles. The lowest BCUT2D eigenvalue weighted by Crippen LogP contribution is -1.86. The van der Waals surface area contributed by atoms with Gasteiger partial charge in [0.2, 0.25) is 0 Å². The second-order valence-corrected chi connectivity index (χ2v) is 2.85. The second-order valence-electron chi connectivity index (χ2n) is 2.85. The van der Waals surface area contributed by atoms with Crippen LogP contribution in [0.4, 0.5) is 0 Å². The van der Waals surface area contributed by atoms with Gasteiger partial charge in [0.1, 0.15) is 5.75 Å². The zero-order valence-electron chi connectivity index (χ0n) is 7.84. The van der Waals surface area contributed by atoms with E-state index in [2.05, 4.69) is 9.97 Å². The minimum absolute atomic E-state index is 0.763. The van der Waals surface area contributed by atoms with Gasteiger partial charge in [-0.25, -0.2) is 0 Å². The van der Waals surface area contributed by atoms with Crippen LogP contribution in [0, 0.1) is 0 Å². The van der Waals surface area contributed by atoms with Gasteiger partial charge in [0, 0.05) is 24.2 Å². The van der Waals surface area contributed by atoms with Crippen molar-refractivity contribution < 1.29 is 4.74 Å². The predicted octanol–water partition coefficient (Wildman–Crippen LogP) is 2.15. The molecule has 0 aliphatic carbocycles. The average Bonchev–Trinajstić information content (AvgIpc) is 2.30. The Morgan fingerprint density at radius 3 is 2.50 bits per heavy atom. The van der Waals surface area contributed by atoms with Gasteiger partial charge in [0.05, 0.1) is 13.3 Å². The first kappa shape index (κ1) is 8.69. The summed E-state index contributed by atoms with van der Waals surface area (Å²) < 4.78 is 5.10. The third-order valence-electron chi connectivity index (χ3n) is 1.96. The van der Waals surface area contributed by atoms with Crippen molar-refractivity contribution in [1.29, 1.82) is 0 Å². The van der Waals surface area contributed by atoms with Crippen molar-refractivity contribution in [3.8, 4) is 16.9 Å². The summed E-state index contributed by atoms with van der Waals surface area (Å²) in [5.74, 6) is 0.763. The van der Waals surface area contributed by atoms with Gasteiger partial charge in [-0.1, -0.05) is 0 Å². The Kier molecular flexibility index (Phi) is 2.40. The normalized spacial score (nSPS) is 9.79. The first-order valence-electron chi connectivity index (χ1n) is 4.29. The number of hydrogen-bond acceptors (Lipinski definition) is 3. The fourth-order valence-corrected chi connectivity index (χ4v) is 1.23. The summed E-state index contributed by atoms with van der Waals surface area (Å²) in [5, 5.41) is 0. The van der Waals surface area contributed by atoms with Crippen LogP contribution in [-0.4, -0.2) is 17.1 Å². The summed E-state index contributed by atoms with van der Waals surface area (Å²) >= 11 is 0. The molecule has 70 valence electrons. The summed E-state index contributed by atoms with van der Waals surface area (Å²) in [6.45, 7) is 0. The molecule has 0 saturated carbocycles. The molecule has 0 fully saturated rings. The first-order chi connectivity index (χ1) is 6.90. The molecule has 0 spiro atoms. The molecule has 3 nitrogen and oxygen atoms in total. The maximum atomic E-state index is 5.10. The van der Waals surface area contributed by atoms with E-state index in [1.165, 1.54) is 0 Å². The Labute approximate surface area is 82.4 Å². The number of nitrogens with zero attached hydrogens (tertiary/aromatic N) is 2. The number of rotatable bonds is 2. The van der Waals surface area contributed by atoms with E-state index in [1.54, 1.807) is 31.9 Å². The van der Waals surface area contributed by atoms with Crippen molar-refractivity contribution in [1.82, 2.24) is 9.97 Å². The molecule has 2 aromatic rings. The summed E-state index contributed by atoms with van der Waals surface area (Å²) in [4.78, 5) is 8.05. The van der Waals surface area contributed by atoms with Crippen LogP contribution in [0.5, 0.6) is 5.75 Å². The minimum atomic E-state index is 0.763. The van der Waals surface area contributed by atoms with E-state index in [-0.39, 0.29) is 0 Å². The summed E-state index contributed by atoms with van der Waals surface area (Å²) in [5.41, 5.74) is 2.12. The second kappa shape index (κ2) is 3.87. The molecule has 0 amide bonds. The number of pyridine rings is 2. The molecule has 2 aromatic heterocycles. The molecule has 0 bridgehead atoms. The Morgan fingerprint density at radius 2 is 1.79 bits per heavy atom. The lowest BCUT2D eigenvalue weighted by Gasteiger charge is -2.02. The number of aromatic nitrogens is 2. The molecule has 2 heterocycles. The SMILES string of the molecule is COc1cncc(-c2ccncc2)c1. The van der Waals surface area contributed by atoms with Crippen LogP contribution in [-0.2, 0) is 0 Å². The largest absolute Gasteiger partial charge is 0.495 e. The van der Waals surface area contributed by atoms with Crippen LogP contribution >= 0.6 is 0 Å². The molecule has 0 atom stereocenters. The smallest absolute Gasteiger partial charge is 0.137 e. The molecule has 3 heteroatoms. The van der Waals surface area contributed by atoms with E-state index in [1.807, 2.05) is 18.2 Å². The highest BCUT2D eigenvalue weighted by Gasteiger charge is 1.98. The van der Waals surface area contributed by atoms with E-state index >= 15 is 0 Å². The minimum Gasteiger partial charge on any atom is -0.495 e. The molecule has 0 aromatic carbocycles. The van der Waals surface area contributed by atoms with Crippen LogP contribution in [0.2, 0.25) is 0 Å². The molecule has 0 saturated heterocycles. The standard InChI is InChI=1S/C11H10N2O/c1-14-11-6-10(7-13-8-11)9-2-4-12-5-3-9/h2-8H,1H3. The topological polar surface area (TPSA) is 35.0 Å². The van der Waals surface area contributed by atoms with Crippen LogP contribution in [0.15, 0.2) is 43.0 Å². The van der Waals surface area contributed by atoms with Crippen molar-refractivity contribution in [2.45, 2.75) is 0 Å². The van der Waals surface area contributed by atoms with Gasteiger partial charge in [0.25, 0.3) is 0 Å². The quantitative estimate of drug-likeness (QED) is 0.720. The van der Waals surface area contributed by atoms with Gasteiger partial charge in [-0.15, -0.1) is 0 Å². The molecule has 14 heavy (non-hydrogen) atoms. The molecule has 0 N–H and O–H groups in total. The Morgan fingerprint density at radius 1 is 1.00 bits per heavy atom. The number of ether oxygens (including phenoxy) is 1. The first-order valence-corrected chi connectivity index (χ1v) is 4.29. The number of methoxy groups -OCH3 is 1. The molecular weight excluding hydrogens is 176 g/mol. The van der Waals surface area contributed by atoms with E-state index in [4.69, 9.17) is 4.74 Å². The Balaban J connectivity index is 2.42. The Bertz CT molecular complexity index is 415. The van der Waals surface area contributed by atoms with Crippen LogP contribution < -0.4 is 4.74 Å². The van der Waals surface area contributed by atoms with Crippen molar-refractivity contribution in [3.63, 3.8) is 0 Å². The van der Waals surface area contributed by atoms with Gasteiger partial charge >= 0.3 is 0 Å². The Hall–Kier alpha value is -1.90. The fourth-order valence-electron chi connectivity index (χ4n) is 1.23. The van der Waals surface area contributed by atoms with E-state index < -0.39 is 0 Å².